The van der Waals surface area contributed by atoms with Crippen LogP contribution in [0, 0.1) is 0 Å². The number of aromatic nitrogens is 3. The van der Waals surface area contributed by atoms with Crippen LogP contribution in [0.25, 0.3) is 21.1 Å². The number of carbonyl (C=O) groups excluding carboxylic acids is 1. The first-order valence-electron chi connectivity index (χ1n) is 9.53. The highest BCUT2D eigenvalue weighted by Gasteiger charge is 2.34. The number of rotatable bonds is 4. The van der Waals surface area contributed by atoms with Crippen LogP contribution < -0.4 is 5.73 Å². The Hall–Kier alpha value is -3.15. The topological polar surface area (TPSA) is 122 Å². The monoisotopic (exact) mass is 454 g/mol. The summed E-state index contributed by atoms with van der Waals surface area (Å²) in [5.41, 5.74) is 8.10. The number of nitrogens with zero attached hydrogens (tertiary/aromatic N) is 5. The lowest BCUT2D eigenvalue weighted by atomic mass is 10.1. The maximum absolute atomic E-state index is 13.1. The SMILES string of the molecule is Nc1ncnc2cc(CN3CCN(S(=O)(=O)c4cc5ncccc5s4)CC3=O)ccc12. The minimum Gasteiger partial charge on any atom is -0.383 e. The van der Waals surface area contributed by atoms with Crippen molar-refractivity contribution in [1.29, 1.82) is 0 Å². The highest BCUT2D eigenvalue weighted by atomic mass is 32.2. The highest BCUT2D eigenvalue weighted by molar-refractivity contribution is 7.91. The fraction of sp³-hybridized carbons (Fsp3) is 0.200. The molecule has 4 aromatic rings. The molecule has 1 aliphatic rings. The van der Waals surface area contributed by atoms with Gasteiger partial charge in [0.2, 0.25) is 5.91 Å². The zero-order chi connectivity index (χ0) is 21.6. The lowest BCUT2D eigenvalue weighted by Gasteiger charge is -2.33. The van der Waals surface area contributed by atoms with Crippen LogP contribution in [-0.2, 0) is 21.4 Å². The Kier molecular flexibility index (Phi) is 4.80. The number of benzene rings is 1. The maximum Gasteiger partial charge on any atom is 0.253 e. The van der Waals surface area contributed by atoms with Crippen molar-refractivity contribution in [2.45, 2.75) is 10.8 Å². The predicted molar refractivity (Wildman–Crippen MR) is 118 cm³/mol. The van der Waals surface area contributed by atoms with Gasteiger partial charge in [-0.2, -0.15) is 4.31 Å². The number of pyridine rings is 1. The number of thiophene rings is 1. The molecule has 5 rings (SSSR count). The molecule has 2 N–H and O–H groups in total. The number of sulfonamides is 1. The van der Waals surface area contributed by atoms with Gasteiger partial charge in [-0.05, 0) is 35.9 Å². The third-order valence-electron chi connectivity index (χ3n) is 5.25. The van der Waals surface area contributed by atoms with Gasteiger partial charge in [0, 0.05) is 31.2 Å². The number of carbonyl (C=O) groups is 1. The Bertz CT molecular complexity index is 1390. The van der Waals surface area contributed by atoms with Gasteiger partial charge >= 0.3 is 0 Å². The first kappa shape index (κ1) is 19.8. The van der Waals surface area contributed by atoms with Crippen LogP contribution in [0.15, 0.2) is 53.1 Å². The molecule has 3 aromatic heterocycles. The summed E-state index contributed by atoms with van der Waals surface area (Å²) in [7, 11) is -3.75. The second-order valence-corrected chi connectivity index (χ2v) is 10.5. The Morgan fingerprint density at radius 2 is 1.94 bits per heavy atom. The molecular formula is C20H18N6O3S2. The first-order chi connectivity index (χ1) is 14.9. The van der Waals surface area contributed by atoms with E-state index in [1.54, 1.807) is 23.2 Å². The van der Waals surface area contributed by atoms with Gasteiger partial charge in [-0.15, -0.1) is 11.3 Å². The number of hydrogen-bond acceptors (Lipinski definition) is 8. The van der Waals surface area contributed by atoms with Crippen LogP contribution in [0.3, 0.4) is 0 Å². The molecule has 1 aliphatic heterocycles. The van der Waals surface area contributed by atoms with Gasteiger partial charge < -0.3 is 10.6 Å². The number of fused-ring (bicyclic) bond motifs is 2. The highest BCUT2D eigenvalue weighted by Crippen LogP contribution is 2.30. The Labute approximate surface area is 182 Å². The van der Waals surface area contributed by atoms with E-state index in [2.05, 4.69) is 15.0 Å². The van der Waals surface area contributed by atoms with Crippen LogP contribution >= 0.6 is 11.3 Å². The molecule has 0 spiro atoms. The molecule has 1 amide bonds. The molecule has 4 heterocycles. The van der Waals surface area contributed by atoms with Gasteiger partial charge in [0.25, 0.3) is 10.0 Å². The van der Waals surface area contributed by atoms with Crippen molar-refractivity contribution in [3.63, 3.8) is 0 Å². The summed E-state index contributed by atoms with van der Waals surface area (Å²) in [6.45, 7) is 0.732. The summed E-state index contributed by atoms with van der Waals surface area (Å²) in [6, 6.07) is 10.7. The van der Waals surface area contributed by atoms with Crippen molar-refractivity contribution in [2.75, 3.05) is 25.4 Å². The third-order valence-corrected chi connectivity index (χ3v) is 8.63. The van der Waals surface area contributed by atoms with Crippen molar-refractivity contribution < 1.29 is 13.2 Å². The van der Waals surface area contributed by atoms with Gasteiger partial charge in [0.1, 0.15) is 16.4 Å². The van der Waals surface area contributed by atoms with E-state index < -0.39 is 10.0 Å². The summed E-state index contributed by atoms with van der Waals surface area (Å²) in [6.07, 6.45) is 3.03. The zero-order valence-electron chi connectivity index (χ0n) is 16.3. The van der Waals surface area contributed by atoms with E-state index >= 15 is 0 Å². The van der Waals surface area contributed by atoms with Crippen LogP contribution in [0.1, 0.15) is 5.56 Å². The van der Waals surface area contributed by atoms with E-state index in [1.165, 1.54) is 22.0 Å². The number of piperazine rings is 1. The molecule has 1 aromatic carbocycles. The smallest absolute Gasteiger partial charge is 0.253 e. The fourth-order valence-corrected chi connectivity index (χ4v) is 6.48. The molecule has 1 saturated heterocycles. The molecule has 0 bridgehead atoms. The van der Waals surface area contributed by atoms with E-state index in [4.69, 9.17) is 5.73 Å². The third kappa shape index (κ3) is 3.60. The molecular weight excluding hydrogens is 436 g/mol. The lowest BCUT2D eigenvalue weighted by molar-refractivity contribution is -0.134. The minimum absolute atomic E-state index is 0.188. The van der Waals surface area contributed by atoms with E-state index in [9.17, 15) is 13.2 Å². The standard InChI is InChI=1S/C20H18N6O3S2/c21-20-14-4-3-13(8-15(14)23-12-24-20)10-25-6-7-26(11-18(25)27)31(28,29)19-9-16-17(30-19)2-1-5-22-16/h1-5,8-9,12H,6-7,10-11H2,(H2,21,23,24). The lowest BCUT2D eigenvalue weighted by Crippen LogP contribution is -2.51. The number of hydrogen-bond donors (Lipinski definition) is 1. The van der Waals surface area contributed by atoms with Gasteiger partial charge in [-0.1, -0.05) is 6.07 Å². The van der Waals surface area contributed by atoms with E-state index in [0.29, 0.717) is 29.9 Å². The average molecular weight is 455 g/mol. The molecule has 0 saturated carbocycles. The summed E-state index contributed by atoms with van der Waals surface area (Å²) in [4.78, 5) is 26.8. The van der Waals surface area contributed by atoms with Gasteiger partial charge in [0.05, 0.1) is 22.3 Å². The Balaban J connectivity index is 1.32. The number of nitrogens with two attached hydrogens (primary N) is 1. The molecule has 0 unspecified atom stereocenters. The van der Waals surface area contributed by atoms with Crippen LogP contribution in [0.4, 0.5) is 5.82 Å². The molecule has 0 radical (unpaired) electrons. The van der Waals surface area contributed by atoms with E-state index in [1.807, 2.05) is 24.3 Å². The van der Waals surface area contributed by atoms with Crippen molar-refractivity contribution >= 4 is 54.2 Å². The van der Waals surface area contributed by atoms with Crippen molar-refractivity contribution in [1.82, 2.24) is 24.2 Å². The molecule has 158 valence electrons. The largest absolute Gasteiger partial charge is 0.383 e. The normalized spacial score (nSPS) is 15.7. The summed E-state index contributed by atoms with van der Waals surface area (Å²) in [5.74, 6) is 0.166. The van der Waals surface area contributed by atoms with Gasteiger partial charge in [0.15, 0.2) is 0 Å². The quantitative estimate of drug-likeness (QED) is 0.499. The molecule has 11 heteroatoms. The van der Waals surface area contributed by atoms with Crippen molar-refractivity contribution in [2.24, 2.45) is 0 Å². The summed E-state index contributed by atoms with van der Waals surface area (Å²) in [5, 5.41) is 0.756. The molecule has 9 nitrogen and oxygen atoms in total. The van der Waals surface area contributed by atoms with Crippen molar-refractivity contribution in [3.8, 4) is 0 Å². The molecule has 0 aliphatic carbocycles. The second-order valence-electron chi connectivity index (χ2n) is 7.22. The van der Waals surface area contributed by atoms with Gasteiger partial charge in [-0.25, -0.2) is 18.4 Å². The summed E-state index contributed by atoms with van der Waals surface area (Å²) >= 11 is 1.17. The molecule has 0 atom stereocenters. The van der Waals surface area contributed by atoms with Crippen LogP contribution in [0.5, 0.6) is 0 Å². The average Bonchev–Trinajstić information content (AvgIpc) is 3.20. The van der Waals surface area contributed by atoms with Gasteiger partial charge in [-0.3, -0.25) is 9.78 Å². The number of anilines is 1. The Morgan fingerprint density at radius 3 is 2.74 bits per heavy atom. The van der Waals surface area contributed by atoms with Crippen LogP contribution in [-0.4, -0.2) is 58.1 Å². The molecule has 31 heavy (non-hydrogen) atoms. The first-order valence-corrected chi connectivity index (χ1v) is 11.8. The summed E-state index contributed by atoms with van der Waals surface area (Å²) < 4.78 is 28.4. The van der Waals surface area contributed by atoms with E-state index in [0.717, 1.165) is 15.6 Å². The van der Waals surface area contributed by atoms with E-state index in [-0.39, 0.29) is 23.2 Å². The number of amides is 1. The van der Waals surface area contributed by atoms with Crippen LogP contribution in [0.2, 0.25) is 0 Å². The fourth-order valence-electron chi connectivity index (χ4n) is 3.60. The Morgan fingerprint density at radius 1 is 1.06 bits per heavy atom. The second kappa shape index (κ2) is 7.52. The minimum atomic E-state index is -3.75. The number of nitrogen functional groups attached to an aromatic ring is 1. The predicted octanol–water partition coefficient (Wildman–Crippen LogP) is 1.85. The zero-order valence-corrected chi connectivity index (χ0v) is 17.9. The van der Waals surface area contributed by atoms with Crippen molar-refractivity contribution in [3.05, 3.63) is 54.5 Å². The maximum atomic E-state index is 13.1. The molecule has 1 fully saturated rings.